The minimum Gasteiger partial charge on any atom is -0.478 e. The van der Waals surface area contributed by atoms with E-state index in [0.717, 1.165) is 0 Å². The van der Waals surface area contributed by atoms with Crippen LogP contribution in [0.25, 0.3) is 0 Å². The summed E-state index contributed by atoms with van der Waals surface area (Å²) in [6.45, 7) is 4.49. The van der Waals surface area contributed by atoms with E-state index in [0.29, 0.717) is 23.6 Å². The fourth-order valence-electron chi connectivity index (χ4n) is 2.23. The maximum Gasteiger partial charge on any atom is 0.335 e. The van der Waals surface area contributed by atoms with E-state index >= 15 is 0 Å². The van der Waals surface area contributed by atoms with Crippen molar-refractivity contribution in [2.24, 2.45) is 5.92 Å². The molecule has 102 valence electrons. The van der Waals surface area contributed by atoms with E-state index in [2.05, 4.69) is 5.32 Å². The monoisotopic (exact) mass is 261 g/mol. The molecule has 0 saturated heterocycles. The van der Waals surface area contributed by atoms with Gasteiger partial charge in [0.25, 0.3) is 5.91 Å². The van der Waals surface area contributed by atoms with Crippen LogP contribution in [0.1, 0.15) is 58.9 Å². The zero-order chi connectivity index (χ0) is 14.0. The third-order valence-electron chi connectivity index (χ3n) is 3.41. The molecule has 0 unspecified atom stereocenters. The normalized spacial score (nSPS) is 14.5. The molecule has 4 heteroatoms. The van der Waals surface area contributed by atoms with E-state index in [-0.39, 0.29) is 17.4 Å². The Hall–Kier alpha value is -1.84. The summed E-state index contributed by atoms with van der Waals surface area (Å²) in [5, 5.41) is 12.1. The van der Waals surface area contributed by atoms with Crippen molar-refractivity contribution in [3.05, 3.63) is 34.9 Å². The van der Waals surface area contributed by atoms with Crippen molar-refractivity contribution in [3.8, 4) is 0 Å². The molecule has 0 spiro atoms. The molecule has 0 radical (unpaired) electrons. The first kappa shape index (κ1) is 13.6. The summed E-state index contributed by atoms with van der Waals surface area (Å²) >= 11 is 0. The van der Waals surface area contributed by atoms with E-state index in [9.17, 15) is 14.7 Å². The highest BCUT2D eigenvalue weighted by Crippen LogP contribution is 2.28. The first-order chi connectivity index (χ1) is 9.00. The van der Waals surface area contributed by atoms with Gasteiger partial charge in [0.2, 0.25) is 0 Å². The first-order valence-corrected chi connectivity index (χ1v) is 6.65. The maximum absolute atomic E-state index is 12.2. The van der Waals surface area contributed by atoms with Gasteiger partial charge in [-0.25, -0.2) is 4.79 Å². The van der Waals surface area contributed by atoms with Crippen LogP contribution < -0.4 is 5.32 Å². The van der Waals surface area contributed by atoms with Gasteiger partial charge < -0.3 is 10.4 Å². The van der Waals surface area contributed by atoms with Crippen LogP contribution >= 0.6 is 0 Å². The van der Waals surface area contributed by atoms with E-state index in [4.69, 9.17) is 0 Å². The van der Waals surface area contributed by atoms with Crippen LogP contribution in [0, 0.1) is 5.92 Å². The summed E-state index contributed by atoms with van der Waals surface area (Å²) in [6.07, 6.45) is 2.35. The average Bonchev–Trinajstić information content (AvgIpc) is 3.18. The number of nitrogens with one attached hydrogen (secondary N) is 1. The van der Waals surface area contributed by atoms with Gasteiger partial charge in [-0.3, -0.25) is 4.79 Å². The highest BCUT2D eigenvalue weighted by Gasteiger charge is 2.24. The minimum atomic E-state index is -0.986. The molecule has 1 aliphatic rings. The topological polar surface area (TPSA) is 66.4 Å². The first-order valence-electron chi connectivity index (χ1n) is 6.65. The number of carbonyl (C=O) groups is 2. The number of hydrogen-bond donors (Lipinski definition) is 2. The maximum atomic E-state index is 12.2. The number of carboxylic acids is 1. The zero-order valence-corrected chi connectivity index (χ0v) is 11.3. The second kappa shape index (κ2) is 5.43. The van der Waals surface area contributed by atoms with Gasteiger partial charge in [-0.05, 0) is 42.4 Å². The van der Waals surface area contributed by atoms with Gasteiger partial charge in [-0.1, -0.05) is 19.9 Å². The number of amides is 1. The van der Waals surface area contributed by atoms with Crippen molar-refractivity contribution in [2.75, 3.05) is 6.54 Å². The second-order valence-electron chi connectivity index (χ2n) is 5.38. The van der Waals surface area contributed by atoms with E-state index in [1.165, 1.54) is 12.8 Å². The van der Waals surface area contributed by atoms with Crippen LogP contribution in [-0.2, 0) is 0 Å². The molecule has 19 heavy (non-hydrogen) atoms. The van der Waals surface area contributed by atoms with Gasteiger partial charge in [-0.15, -0.1) is 0 Å². The van der Waals surface area contributed by atoms with E-state index in [1.54, 1.807) is 18.2 Å². The van der Waals surface area contributed by atoms with Crippen molar-refractivity contribution in [2.45, 2.75) is 32.6 Å². The van der Waals surface area contributed by atoms with Crippen molar-refractivity contribution in [1.29, 1.82) is 0 Å². The molecule has 1 aromatic carbocycles. The van der Waals surface area contributed by atoms with Crippen LogP contribution in [0.5, 0.6) is 0 Å². The summed E-state index contributed by atoms with van der Waals surface area (Å²) in [5.74, 6) is -0.553. The quantitative estimate of drug-likeness (QED) is 0.856. The van der Waals surface area contributed by atoms with E-state index < -0.39 is 5.97 Å². The van der Waals surface area contributed by atoms with Gasteiger partial charge in [0.05, 0.1) is 5.56 Å². The number of carboxylic acid groups (broad SMARTS) is 1. The Morgan fingerprint density at radius 2 is 1.95 bits per heavy atom. The lowest BCUT2D eigenvalue weighted by Gasteiger charge is -2.15. The number of aromatic carboxylic acids is 1. The molecule has 1 aliphatic carbocycles. The van der Waals surface area contributed by atoms with E-state index in [1.807, 2.05) is 13.8 Å². The molecule has 0 aliphatic heterocycles. The number of carbonyl (C=O) groups excluding carboxylic acids is 1. The third kappa shape index (κ3) is 3.13. The van der Waals surface area contributed by atoms with Gasteiger partial charge in [0, 0.05) is 12.1 Å². The molecule has 0 atom stereocenters. The largest absolute Gasteiger partial charge is 0.478 e. The summed E-state index contributed by atoms with van der Waals surface area (Å²) in [7, 11) is 0. The summed E-state index contributed by atoms with van der Waals surface area (Å²) in [6, 6.07) is 4.88. The lowest BCUT2D eigenvalue weighted by Crippen LogP contribution is -2.27. The molecule has 1 aromatic rings. The fraction of sp³-hybridized carbons (Fsp3) is 0.467. The smallest absolute Gasteiger partial charge is 0.335 e. The lowest BCUT2D eigenvalue weighted by molar-refractivity contribution is 0.0695. The van der Waals surface area contributed by atoms with Crippen molar-refractivity contribution in [1.82, 2.24) is 5.32 Å². The van der Waals surface area contributed by atoms with Gasteiger partial charge in [-0.2, -0.15) is 0 Å². The Bertz CT molecular complexity index is 504. The van der Waals surface area contributed by atoms with Gasteiger partial charge in [0.15, 0.2) is 0 Å². The Morgan fingerprint density at radius 1 is 1.32 bits per heavy atom. The molecular formula is C15H19NO3. The average molecular weight is 261 g/mol. The van der Waals surface area contributed by atoms with Crippen LogP contribution in [-0.4, -0.2) is 23.5 Å². The summed E-state index contributed by atoms with van der Waals surface area (Å²) in [5.41, 5.74) is 1.31. The molecule has 1 fully saturated rings. The van der Waals surface area contributed by atoms with Crippen LogP contribution in [0.4, 0.5) is 0 Å². The molecular weight excluding hydrogens is 242 g/mol. The molecule has 0 heterocycles. The summed E-state index contributed by atoms with van der Waals surface area (Å²) < 4.78 is 0. The number of rotatable bonds is 5. The predicted molar refractivity (Wildman–Crippen MR) is 72.5 cm³/mol. The Labute approximate surface area is 112 Å². The standard InChI is InChI=1S/C15H19NO3/c1-9(2)13-11(4-3-5-12(13)15(18)19)14(17)16-8-10-6-7-10/h3-5,9-10H,6-8H2,1-2H3,(H,16,17)(H,18,19). The second-order valence-corrected chi connectivity index (χ2v) is 5.38. The van der Waals surface area contributed by atoms with Crippen molar-refractivity contribution >= 4 is 11.9 Å². The lowest BCUT2D eigenvalue weighted by atomic mass is 9.91. The Balaban J connectivity index is 2.29. The van der Waals surface area contributed by atoms with Gasteiger partial charge >= 0.3 is 5.97 Å². The van der Waals surface area contributed by atoms with Crippen molar-refractivity contribution in [3.63, 3.8) is 0 Å². The predicted octanol–water partition coefficient (Wildman–Crippen LogP) is 2.65. The fourth-order valence-corrected chi connectivity index (χ4v) is 2.23. The van der Waals surface area contributed by atoms with Crippen LogP contribution in [0.15, 0.2) is 18.2 Å². The number of benzene rings is 1. The molecule has 1 saturated carbocycles. The Kier molecular flexibility index (Phi) is 3.88. The molecule has 2 N–H and O–H groups in total. The summed E-state index contributed by atoms with van der Waals surface area (Å²) in [4.78, 5) is 23.4. The highest BCUT2D eigenvalue weighted by molar-refractivity contribution is 6.00. The van der Waals surface area contributed by atoms with Crippen LogP contribution in [0.3, 0.4) is 0 Å². The van der Waals surface area contributed by atoms with Crippen LogP contribution in [0.2, 0.25) is 0 Å². The Morgan fingerprint density at radius 3 is 2.47 bits per heavy atom. The minimum absolute atomic E-state index is 0.00558. The molecule has 0 bridgehead atoms. The third-order valence-corrected chi connectivity index (χ3v) is 3.41. The molecule has 0 aromatic heterocycles. The number of hydrogen-bond acceptors (Lipinski definition) is 2. The molecule has 4 nitrogen and oxygen atoms in total. The highest BCUT2D eigenvalue weighted by atomic mass is 16.4. The van der Waals surface area contributed by atoms with Crippen molar-refractivity contribution < 1.29 is 14.7 Å². The molecule has 2 rings (SSSR count). The zero-order valence-electron chi connectivity index (χ0n) is 11.3. The molecule has 1 amide bonds. The SMILES string of the molecule is CC(C)c1c(C(=O)O)cccc1C(=O)NCC1CC1. The van der Waals surface area contributed by atoms with Gasteiger partial charge in [0.1, 0.15) is 0 Å².